The molecule has 1 amide bonds. The minimum Gasteiger partial charge on any atom is -0.481 e. The summed E-state index contributed by atoms with van der Waals surface area (Å²) in [4.78, 5) is 12.9. The Morgan fingerprint density at radius 2 is 1.43 bits per heavy atom. The molecule has 3 aromatic carbocycles. The third-order valence-corrected chi connectivity index (χ3v) is 4.74. The molecule has 4 nitrogen and oxygen atoms in total. The van der Waals surface area contributed by atoms with Crippen molar-refractivity contribution >= 4 is 5.91 Å². The number of hydrogen-bond acceptors (Lipinski definition) is 3. The Bertz CT molecular complexity index is 921. The molecular formula is C24H22N2O2. The predicted molar refractivity (Wildman–Crippen MR) is 109 cm³/mol. The van der Waals surface area contributed by atoms with Gasteiger partial charge in [0.2, 0.25) is 0 Å². The Hall–Kier alpha value is -3.58. The second kappa shape index (κ2) is 8.41. The van der Waals surface area contributed by atoms with Gasteiger partial charge in [-0.15, -0.1) is 0 Å². The lowest BCUT2D eigenvalue weighted by Crippen LogP contribution is -2.49. The van der Waals surface area contributed by atoms with Crippen LogP contribution in [0, 0.1) is 11.3 Å². The van der Waals surface area contributed by atoms with Crippen molar-refractivity contribution in [3.8, 4) is 11.8 Å². The second-order valence-electron chi connectivity index (χ2n) is 6.74. The zero-order valence-electron chi connectivity index (χ0n) is 15.9. The molecule has 0 aliphatic carbocycles. The van der Waals surface area contributed by atoms with Crippen LogP contribution in [0.25, 0.3) is 0 Å². The summed E-state index contributed by atoms with van der Waals surface area (Å²) in [6.07, 6.45) is -0.695. The fraction of sp³-hybridized carbons (Fsp3) is 0.167. The summed E-state index contributed by atoms with van der Waals surface area (Å²) in [6.45, 7) is 3.70. The molecule has 0 saturated carbocycles. The highest BCUT2D eigenvalue weighted by Gasteiger charge is 2.32. The lowest BCUT2D eigenvalue weighted by Gasteiger charge is -2.33. The van der Waals surface area contributed by atoms with Crippen molar-refractivity contribution in [1.29, 1.82) is 5.26 Å². The number of nitrogens with one attached hydrogen (secondary N) is 1. The van der Waals surface area contributed by atoms with E-state index in [4.69, 9.17) is 10.00 Å². The summed E-state index contributed by atoms with van der Waals surface area (Å²) >= 11 is 0. The van der Waals surface area contributed by atoms with E-state index in [1.807, 2.05) is 67.6 Å². The summed E-state index contributed by atoms with van der Waals surface area (Å²) in [6, 6.07) is 28.5. The number of hydrogen-bond donors (Lipinski definition) is 1. The highest BCUT2D eigenvalue weighted by Crippen LogP contribution is 2.29. The number of rotatable bonds is 6. The van der Waals surface area contributed by atoms with Crippen LogP contribution in [0.4, 0.5) is 0 Å². The molecule has 1 unspecified atom stereocenters. The molecule has 0 radical (unpaired) electrons. The maximum absolute atomic E-state index is 12.9. The first-order valence-electron chi connectivity index (χ1n) is 9.13. The van der Waals surface area contributed by atoms with Crippen LogP contribution in [-0.2, 0) is 10.3 Å². The molecule has 0 saturated heterocycles. The monoisotopic (exact) mass is 370 g/mol. The Kier molecular flexibility index (Phi) is 5.76. The molecule has 1 N–H and O–H groups in total. The SMILES string of the molecule is CC(Oc1ccc(C#N)cc1)C(=O)NC(C)(c1ccccc1)c1ccccc1. The third kappa shape index (κ3) is 4.21. The molecule has 0 aliphatic heterocycles. The maximum Gasteiger partial charge on any atom is 0.261 e. The lowest BCUT2D eigenvalue weighted by atomic mass is 9.84. The third-order valence-electron chi connectivity index (χ3n) is 4.74. The van der Waals surface area contributed by atoms with Crippen molar-refractivity contribution in [1.82, 2.24) is 5.32 Å². The average Bonchev–Trinajstić information content (AvgIpc) is 2.75. The highest BCUT2D eigenvalue weighted by atomic mass is 16.5. The van der Waals surface area contributed by atoms with Crippen molar-refractivity contribution < 1.29 is 9.53 Å². The van der Waals surface area contributed by atoms with Gasteiger partial charge in [-0.1, -0.05) is 60.7 Å². The molecule has 140 valence electrons. The van der Waals surface area contributed by atoms with Gasteiger partial charge in [0.25, 0.3) is 5.91 Å². The van der Waals surface area contributed by atoms with E-state index in [2.05, 4.69) is 11.4 Å². The van der Waals surface area contributed by atoms with Crippen molar-refractivity contribution in [2.24, 2.45) is 0 Å². The number of carbonyl (C=O) groups is 1. The molecule has 0 heterocycles. The molecule has 3 aromatic rings. The zero-order chi connectivity index (χ0) is 20.0. The standard InChI is InChI=1S/C24H22N2O2/c1-18(28-22-15-13-19(17-25)14-16-22)23(27)26-24(2,20-9-5-3-6-10-20)21-11-7-4-8-12-21/h3-16,18H,1-2H3,(H,26,27). The summed E-state index contributed by atoms with van der Waals surface area (Å²) in [7, 11) is 0. The van der Waals surface area contributed by atoms with Crippen LogP contribution in [0.5, 0.6) is 5.75 Å². The molecule has 28 heavy (non-hydrogen) atoms. The molecule has 0 aromatic heterocycles. The Balaban J connectivity index is 1.82. The van der Waals surface area contributed by atoms with Crippen molar-refractivity contribution in [2.45, 2.75) is 25.5 Å². The van der Waals surface area contributed by atoms with Gasteiger partial charge in [-0.25, -0.2) is 0 Å². The van der Waals surface area contributed by atoms with Crippen LogP contribution in [-0.4, -0.2) is 12.0 Å². The van der Waals surface area contributed by atoms with E-state index in [9.17, 15) is 4.79 Å². The summed E-state index contributed by atoms with van der Waals surface area (Å²) in [5, 5.41) is 12.0. The van der Waals surface area contributed by atoms with Crippen LogP contribution in [0.3, 0.4) is 0 Å². The van der Waals surface area contributed by atoms with Gasteiger partial charge in [-0.3, -0.25) is 4.79 Å². The molecule has 1 atom stereocenters. The summed E-state index contributed by atoms with van der Waals surface area (Å²) in [5.41, 5.74) is 1.83. The van der Waals surface area contributed by atoms with Gasteiger partial charge >= 0.3 is 0 Å². The van der Waals surface area contributed by atoms with E-state index < -0.39 is 11.6 Å². The first-order chi connectivity index (χ1) is 13.5. The quantitative estimate of drug-likeness (QED) is 0.699. The van der Waals surface area contributed by atoms with Gasteiger partial charge in [0.15, 0.2) is 6.10 Å². The number of carbonyl (C=O) groups excluding carboxylic acids is 1. The van der Waals surface area contributed by atoms with Crippen LogP contribution in [0.15, 0.2) is 84.9 Å². The van der Waals surface area contributed by atoms with Gasteiger partial charge in [-0.2, -0.15) is 5.26 Å². The van der Waals surface area contributed by atoms with E-state index in [1.165, 1.54) is 0 Å². The zero-order valence-corrected chi connectivity index (χ0v) is 15.9. The van der Waals surface area contributed by atoms with Gasteiger partial charge in [0.1, 0.15) is 5.75 Å². The Morgan fingerprint density at radius 1 is 0.929 bits per heavy atom. The van der Waals surface area contributed by atoms with Gasteiger partial charge in [0.05, 0.1) is 17.2 Å². The van der Waals surface area contributed by atoms with Crippen molar-refractivity contribution in [3.63, 3.8) is 0 Å². The van der Waals surface area contributed by atoms with Crippen molar-refractivity contribution in [2.75, 3.05) is 0 Å². The number of nitriles is 1. The molecule has 0 aliphatic rings. The van der Waals surface area contributed by atoms with Gasteiger partial charge < -0.3 is 10.1 Å². The Labute approximate surface area is 165 Å². The normalized spacial score (nSPS) is 11.9. The van der Waals surface area contributed by atoms with E-state index in [-0.39, 0.29) is 5.91 Å². The second-order valence-corrected chi connectivity index (χ2v) is 6.74. The van der Waals surface area contributed by atoms with Crippen molar-refractivity contribution in [3.05, 3.63) is 102 Å². The topological polar surface area (TPSA) is 62.1 Å². The van der Waals surface area contributed by atoms with Gasteiger partial charge in [0, 0.05) is 0 Å². The minimum absolute atomic E-state index is 0.223. The fourth-order valence-corrected chi connectivity index (χ4v) is 3.07. The van der Waals surface area contributed by atoms with E-state index in [0.717, 1.165) is 11.1 Å². The smallest absolute Gasteiger partial charge is 0.261 e. The first kappa shape index (κ1) is 19.2. The molecule has 0 spiro atoms. The molecular weight excluding hydrogens is 348 g/mol. The number of ether oxygens (including phenoxy) is 1. The minimum atomic E-state index is -0.695. The molecule has 4 heteroatoms. The molecule has 3 rings (SSSR count). The van der Waals surface area contributed by atoms with Gasteiger partial charge in [-0.05, 0) is 49.2 Å². The van der Waals surface area contributed by atoms with Crippen LogP contribution >= 0.6 is 0 Å². The van der Waals surface area contributed by atoms with Crippen LogP contribution < -0.4 is 10.1 Å². The number of nitrogens with zero attached hydrogens (tertiary/aromatic N) is 1. The highest BCUT2D eigenvalue weighted by molar-refractivity contribution is 5.82. The van der Waals surface area contributed by atoms with Crippen LogP contribution in [0.2, 0.25) is 0 Å². The van der Waals surface area contributed by atoms with E-state index in [0.29, 0.717) is 11.3 Å². The summed E-state index contributed by atoms with van der Waals surface area (Å²) in [5.74, 6) is 0.322. The first-order valence-corrected chi connectivity index (χ1v) is 9.13. The largest absolute Gasteiger partial charge is 0.481 e. The number of amides is 1. The average molecular weight is 370 g/mol. The molecule has 0 fully saturated rings. The fourth-order valence-electron chi connectivity index (χ4n) is 3.07. The number of benzene rings is 3. The lowest BCUT2D eigenvalue weighted by molar-refractivity contribution is -0.128. The molecule has 0 bridgehead atoms. The predicted octanol–water partition coefficient (Wildman–Crippen LogP) is 4.41. The summed E-state index contributed by atoms with van der Waals surface area (Å²) < 4.78 is 5.77. The van der Waals surface area contributed by atoms with Crippen LogP contribution in [0.1, 0.15) is 30.5 Å². The van der Waals surface area contributed by atoms with E-state index >= 15 is 0 Å². The van der Waals surface area contributed by atoms with E-state index in [1.54, 1.807) is 31.2 Å². The Morgan fingerprint density at radius 3 is 1.89 bits per heavy atom. The maximum atomic E-state index is 12.9.